The Morgan fingerprint density at radius 3 is 2.50 bits per heavy atom. The van der Waals surface area contributed by atoms with Crippen LogP contribution in [-0.4, -0.2) is 10.5 Å². The van der Waals surface area contributed by atoms with E-state index in [1.807, 2.05) is 18.2 Å². The Morgan fingerprint density at radius 2 is 2.00 bits per heavy atom. The lowest BCUT2D eigenvalue weighted by molar-refractivity contribution is -0.00305. The van der Waals surface area contributed by atoms with Crippen LogP contribution in [0, 0.1) is 0 Å². The van der Waals surface area contributed by atoms with Crippen LogP contribution >= 0.6 is 34.2 Å². The number of benzene rings is 1. The summed E-state index contributed by atoms with van der Waals surface area (Å²) in [5, 5.41) is 0.778. The quantitative estimate of drug-likeness (QED) is 0.516. The second-order valence-corrected chi connectivity index (χ2v) is 5.09. The number of alkyl halides is 1. The molecule has 1 aromatic rings. The summed E-state index contributed by atoms with van der Waals surface area (Å²) >= 11 is 8.35. The first-order valence-corrected chi connectivity index (χ1v) is 7.58. The first kappa shape index (κ1) is 14.3. The molecular formula is C13H18ClIO. The Hall–Kier alpha value is 0.200. The lowest BCUT2D eigenvalue weighted by Crippen LogP contribution is -2.16. The molecule has 0 bridgehead atoms. The van der Waals surface area contributed by atoms with Crippen molar-refractivity contribution < 1.29 is 4.74 Å². The van der Waals surface area contributed by atoms with E-state index in [1.165, 1.54) is 5.56 Å². The molecular weight excluding hydrogens is 334 g/mol. The number of hydrogen-bond acceptors (Lipinski definition) is 1. The highest BCUT2D eigenvalue weighted by Crippen LogP contribution is 2.25. The van der Waals surface area contributed by atoms with Gasteiger partial charge in [-0.05, 0) is 30.5 Å². The van der Waals surface area contributed by atoms with Crippen molar-refractivity contribution in [1.29, 1.82) is 0 Å². The molecule has 0 spiro atoms. The van der Waals surface area contributed by atoms with Crippen LogP contribution in [0.2, 0.25) is 5.02 Å². The van der Waals surface area contributed by atoms with Gasteiger partial charge in [0, 0.05) is 9.45 Å². The van der Waals surface area contributed by atoms with Gasteiger partial charge in [0.25, 0.3) is 0 Å². The smallest absolute Gasteiger partial charge is 0.0918 e. The summed E-state index contributed by atoms with van der Waals surface area (Å²) in [6, 6.07) is 7.95. The molecule has 1 aromatic carbocycles. The molecule has 1 atom stereocenters. The molecule has 0 saturated carbocycles. The summed E-state index contributed by atoms with van der Waals surface area (Å²) in [6.07, 6.45) is 2.62. The van der Waals surface area contributed by atoms with E-state index < -0.39 is 0 Å². The van der Waals surface area contributed by atoms with Crippen LogP contribution in [0.5, 0.6) is 0 Å². The van der Waals surface area contributed by atoms with Crippen molar-refractivity contribution in [3.63, 3.8) is 0 Å². The van der Waals surface area contributed by atoms with Crippen molar-refractivity contribution in [3.05, 3.63) is 34.9 Å². The van der Waals surface area contributed by atoms with Gasteiger partial charge in [0.2, 0.25) is 0 Å². The van der Waals surface area contributed by atoms with Gasteiger partial charge in [-0.2, -0.15) is 0 Å². The third-order valence-electron chi connectivity index (χ3n) is 2.63. The zero-order valence-electron chi connectivity index (χ0n) is 9.75. The van der Waals surface area contributed by atoms with Crippen molar-refractivity contribution >= 4 is 34.2 Å². The highest BCUT2D eigenvalue weighted by Gasteiger charge is 2.15. The van der Waals surface area contributed by atoms with Crippen LogP contribution in [0.4, 0.5) is 0 Å². The van der Waals surface area contributed by atoms with Crippen molar-refractivity contribution in [3.8, 4) is 0 Å². The van der Waals surface area contributed by atoms with Crippen LogP contribution in [0.3, 0.4) is 0 Å². The second kappa shape index (κ2) is 7.51. The van der Waals surface area contributed by atoms with Gasteiger partial charge in [-0.1, -0.05) is 60.2 Å². The minimum Gasteiger partial charge on any atom is -0.370 e. The fourth-order valence-electron chi connectivity index (χ4n) is 1.62. The minimum atomic E-state index is 0.157. The summed E-state index contributed by atoms with van der Waals surface area (Å²) in [5.74, 6) is 0. The third kappa shape index (κ3) is 4.22. The molecule has 0 radical (unpaired) electrons. The van der Waals surface area contributed by atoms with Crippen molar-refractivity contribution in [2.24, 2.45) is 0 Å². The van der Waals surface area contributed by atoms with Gasteiger partial charge in [0.1, 0.15) is 0 Å². The van der Waals surface area contributed by atoms with E-state index in [0.717, 1.165) is 22.3 Å². The van der Waals surface area contributed by atoms with Gasteiger partial charge in [-0.15, -0.1) is 0 Å². The van der Waals surface area contributed by atoms with E-state index in [-0.39, 0.29) is 6.10 Å². The molecule has 0 aromatic heterocycles. The summed E-state index contributed by atoms with van der Waals surface area (Å²) < 4.78 is 7.03. The Bertz CT molecular complexity index is 313. The zero-order valence-corrected chi connectivity index (χ0v) is 12.7. The molecule has 0 aliphatic rings. The zero-order chi connectivity index (χ0) is 12.0. The van der Waals surface area contributed by atoms with Gasteiger partial charge < -0.3 is 4.74 Å². The average Bonchev–Trinajstić information content (AvgIpc) is 2.31. The van der Waals surface area contributed by atoms with Crippen LogP contribution in [0.15, 0.2) is 24.3 Å². The molecule has 0 aliphatic carbocycles. The average molecular weight is 353 g/mol. The Balaban J connectivity index is 2.74. The molecule has 0 heterocycles. The molecule has 0 N–H and O–H groups in total. The highest BCUT2D eigenvalue weighted by atomic mass is 127. The largest absolute Gasteiger partial charge is 0.370 e. The Kier molecular flexibility index (Phi) is 6.70. The third-order valence-corrected chi connectivity index (χ3v) is 3.66. The summed E-state index contributed by atoms with van der Waals surface area (Å²) in [5.41, 5.74) is 1.17. The normalized spacial score (nSPS) is 13.1. The van der Waals surface area contributed by atoms with Crippen molar-refractivity contribution in [2.45, 2.75) is 38.9 Å². The summed E-state index contributed by atoms with van der Waals surface area (Å²) in [7, 11) is 0. The van der Waals surface area contributed by atoms with Crippen molar-refractivity contribution in [2.75, 3.05) is 4.43 Å². The Labute approximate surface area is 117 Å². The van der Waals surface area contributed by atoms with Gasteiger partial charge in [0.05, 0.1) is 12.2 Å². The topological polar surface area (TPSA) is 9.23 Å². The molecule has 1 unspecified atom stereocenters. The van der Waals surface area contributed by atoms with Gasteiger partial charge >= 0.3 is 0 Å². The van der Waals surface area contributed by atoms with Gasteiger partial charge in [-0.25, -0.2) is 0 Å². The lowest BCUT2D eigenvalue weighted by atomic mass is 10.1. The van der Waals surface area contributed by atoms with E-state index in [2.05, 4.69) is 42.5 Å². The SMILES string of the molecule is CCC(CC)OC(CI)c1cccc(Cl)c1. The molecule has 0 fully saturated rings. The monoisotopic (exact) mass is 352 g/mol. The molecule has 0 saturated heterocycles. The van der Waals surface area contributed by atoms with Gasteiger partial charge in [0.15, 0.2) is 0 Å². The molecule has 3 heteroatoms. The molecule has 1 nitrogen and oxygen atoms in total. The Morgan fingerprint density at radius 1 is 1.31 bits per heavy atom. The van der Waals surface area contributed by atoms with E-state index in [1.54, 1.807) is 0 Å². The molecule has 90 valence electrons. The fourth-order valence-corrected chi connectivity index (χ4v) is 2.54. The van der Waals surface area contributed by atoms with E-state index in [0.29, 0.717) is 6.10 Å². The highest BCUT2D eigenvalue weighted by molar-refractivity contribution is 14.1. The molecule has 1 rings (SSSR count). The van der Waals surface area contributed by atoms with Gasteiger partial charge in [-0.3, -0.25) is 0 Å². The number of rotatable bonds is 6. The first-order valence-electron chi connectivity index (χ1n) is 5.68. The maximum absolute atomic E-state index is 6.07. The number of hydrogen-bond donors (Lipinski definition) is 0. The maximum Gasteiger partial charge on any atom is 0.0918 e. The molecule has 0 aliphatic heterocycles. The maximum atomic E-state index is 6.07. The molecule has 16 heavy (non-hydrogen) atoms. The van der Waals surface area contributed by atoms with Crippen molar-refractivity contribution in [1.82, 2.24) is 0 Å². The van der Waals surface area contributed by atoms with Crippen LogP contribution in [0.1, 0.15) is 38.4 Å². The van der Waals surface area contributed by atoms with E-state index in [4.69, 9.17) is 16.3 Å². The second-order valence-electron chi connectivity index (χ2n) is 3.77. The van der Waals surface area contributed by atoms with E-state index >= 15 is 0 Å². The van der Waals surface area contributed by atoms with Crippen LogP contribution in [0.25, 0.3) is 0 Å². The predicted molar refractivity (Wildman–Crippen MR) is 78.5 cm³/mol. The predicted octanol–water partition coefficient (Wildman–Crippen LogP) is 5.02. The number of halogens is 2. The minimum absolute atomic E-state index is 0.157. The van der Waals surface area contributed by atoms with Crippen LogP contribution < -0.4 is 0 Å². The summed E-state index contributed by atoms with van der Waals surface area (Å²) in [4.78, 5) is 0. The summed E-state index contributed by atoms with van der Waals surface area (Å²) in [6.45, 7) is 4.33. The fraction of sp³-hybridized carbons (Fsp3) is 0.538. The van der Waals surface area contributed by atoms with Crippen LogP contribution in [-0.2, 0) is 4.74 Å². The number of ether oxygens (including phenoxy) is 1. The first-order chi connectivity index (χ1) is 7.71. The standard InChI is InChI=1S/C13H18ClIO/c1-3-12(4-2)16-13(9-15)10-6-5-7-11(14)8-10/h5-8,12-13H,3-4,9H2,1-2H3. The lowest BCUT2D eigenvalue weighted by Gasteiger charge is -2.22. The van der Waals surface area contributed by atoms with E-state index in [9.17, 15) is 0 Å². The molecule has 0 amide bonds.